The maximum absolute atomic E-state index is 12.1. The highest BCUT2D eigenvalue weighted by Gasteiger charge is 2.10. The Balaban J connectivity index is 1.57. The zero-order valence-corrected chi connectivity index (χ0v) is 13.2. The van der Waals surface area contributed by atoms with Crippen LogP contribution in [0.15, 0.2) is 41.8 Å². The summed E-state index contributed by atoms with van der Waals surface area (Å²) in [6.07, 6.45) is 0. The molecule has 3 rings (SSSR count). The van der Waals surface area contributed by atoms with E-state index in [-0.39, 0.29) is 6.03 Å². The Kier molecular flexibility index (Phi) is 4.17. The standard InChI is InChI=1S/C15H15N3OS2/c1-18(10-11-5-4-8-20-11)15(19)16-9-14-17-12-6-2-3-7-13(12)21-14/h2-8H,9-10H2,1H3,(H,16,19). The first kappa shape index (κ1) is 14.0. The van der Waals surface area contributed by atoms with E-state index in [1.54, 1.807) is 34.6 Å². The molecular formula is C15H15N3OS2. The van der Waals surface area contributed by atoms with Gasteiger partial charge in [0.05, 0.1) is 23.3 Å². The van der Waals surface area contributed by atoms with Crippen molar-refractivity contribution in [3.8, 4) is 0 Å². The van der Waals surface area contributed by atoms with Crippen LogP contribution in [0.3, 0.4) is 0 Å². The average molecular weight is 317 g/mol. The lowest BCUT2D eigenvalue weighted by atomic mass is 10.3. The molecular weight excluding hydrogens is 302 g/mol. The topological polar surface area (TPSA) is 45.2 Å². The number of urea groups is 1. The Morgan fingerprint density at radius 1 is 1.29 bits per heavy atom. The fourth-order valence-corrected chi connectivity index (χ4v) is 3.65. The number of rotatable bonds is 4. The first-order valence-electron chi connectivity index (χ1n) is 6.58. The number of hydrogen-bond acceptors (Lipinski definition) is 4. The Morgan fingerprint density at radius 3 is 2.90 bits per heavy atom. The quantitative estimate of drug-likeness (QED) is 0.797. The summed E-state index contributed by atoms with van der Waals surface area (Å²) < 4.78 is 1.15. The molecule has 0 spiro atoms. The number of thiazole rings is 1. The maximum atomic E-state index is 12.1. The van der Waals surface area contributed by atoms with E-state index in [0.717, 1.165) is 15.2 Å². The number of carbonyl (C=O) groups excluding carboxylic acids is 1. The minimum absolute atomic E-state index is 0.0809. The van der Waals surface area contributed by atoms with Gasteiger partial charge in [-0.05, 0) is 23.6 Å². The molecule has 2 heterocycles. The second-order valence-corrected chi connectivity index (χ2v) is 6.82. The molecule has 1 N–H and O–H groups in total. The largest absolute Gasteiger partial charge is 0.331 e. The smallest absolute Gasteiger partial charge is 0.317 e. The van der Waals surface area contributed by atoms with Crippen molar-refractivity contribution in [1.82, 2.24) is 15.2 Å². The summed E-state index contributed by atoms with van der Waals surface area (Å²) in [4.78, 5) is 19.4. The van der Waals surface area contributed by atoms with Crippen LogP contribution in [0, 0.1) is 0 Å². The molecule has 0 fully saturated rings. The lowest BCUT2D eigenvalue weighted by Gasteiger charge is -2.16. The van der Waals surface area contributed by atoms with Gasteiger partial charge in [0.2, 0.25) is 0 Å². The molecule has 4 nitrogen and oxygen atoms in total. The molecule has 1 aromatic carbocycles. The second-order valence-electron chi connectivity index (χ2n) is 4.67. The minimum atomic E-state index is -0.0809. The van der Waals surface area contributed by atoms with Gasteiger partial charge in [0.1, 0.15) is 5.01 Å². The molecule has 0 radical (unpaired) electrons. The summed E-state index contributed by atoms with van der Waals surface area (Å²) in [6.45, 7) is 1.09. The van der Waals surface area contributed by atoms with Crippen LogP contribution in [0.4, 0.5) is 4.79 Å². The lowest BCUT2D eigenvalue weighted by molar-refractivity contribution is 0.207. The third-order valence-corrected chi connectivity index (χ3v) is 4.95. The average Bonchev–Trinajstić information content (AvgIpc) is 3.13. The van der Waals surface area contributed by atoms with Crippen molar-refractivity contribution >= 4 is 38.9 Å². The van der Waals surface area contributed by atoms with E-state index in [0.29, 0.717) is 13.1 Å². The monoisotopic (exact) mass is 317 g/mol. The molecule has 0 unspecified atom stereocenters. The minimum Gasteiger partial charge on any atom is -0.331 e. The Bertz CT molecular complexity index is 703. The van der Waals surface area contributed by atoms with Gasteiger partial charge in [-0.1, -0.05) is 18.2 Å². The zero-order valence-electron chi connectivity index (χ0n) is 11.6. The number of amides is 2. The fourth-order valence-electron chi connectivity index (χ4n) is 1.99. The first-order chi connectivity index (χ1) is 10.2. The predicted octanol–water partition coefficient (Wildman–Crippen LogP) is 3.70. The van der Waals surface area contributed by atoms with E-state index in [1.165, 1.54) is 4.88 Å². The summed E-state index contributed by atoms with van der Waals surface area (Å²) in [6, 6.07) is 11.9. The Hall–Kier alpha value is -1.92. The molecule has 3 aromatic rings. The van der Waals surface area contributed by atoms with E-state index in [9.17, 15) is 4.79 Å². The van der Waals surface area contributed by atoms with Crippen LogP contribution in [-0.2, 0) is 13.1 Å². The van der Waals surface area contributed by atoms with Crippen molar-refractivity contribution in [3.05, 3.63) is 51.7 Å². The van der Waals surface area contributed by atoms with Crippen LogP contribution in [0.25, 0.3) is 10.2 Å². The zero-order chi connectivity index (χ0) is 14.7. The SMILES string of the molecule is CN(Cc1cccs1)C(=O)NCc1nc2ccccc2s1. The van der Waals surface area contributed by atoms with Crippen LogP contribution in [0.1, 0.15) is 9.88 Å². The van der Waals surface area contributed by atoms with Gasteiger partial charge >= 0.3 is 6.03 Å². The van der Waals surface area contributed by atoms with Crippen molar-refractivity contribution < 1.29 is 4.79 Å². The van der Waals surface area contributed by atoms with Crippen molar-refractivity contribution in [1.29, 1.82) is 0 Å². The summed E-state index contributed by atoms with van der Waals surface area (Å²) in [5, 5.41) is 5.85. The molecule has 6 heteroatoms. The van der Waals surface area contributed by atoms with Crippen molar-refractivity contribution in [2.45, 2.75) is 13.1 Å². The normalized spacial score (nSPS) is 10.7. The van der Waals surface area contributed by atoms with E-state index in [2.05, 4.69) is 10.3 Å². The number of aromatic nitrogens is 1. The number of nitrogens with zero attached hydrogens (tertiary/aromatic N) is 2. The molecule has 0 saturated heterocycles. The van der Waals surface area contributed by atoms with E-state index in [1.807, 2.05) is 41.8 Å². The van der Waals surface area contributed by atoms with Gasteiger partial charge in [-0.3, -0.25) is 0 Å². The van der Waals surface area contributed by atoms with Crippen LogP contribution < -0.4 is 5.32 Å². The van der Waals surface area contributed by atoms with Gasteiger partial charge in [-0.25, -0.2) is 9.78 Å². The van der Waals surface area contributed by atoms with Crippen LogP contribution >= 0.6 is 22.7 Å². The summed E-state index contributed by atoms with van der Waals surface area (Å²) in [7, 11) is 1.80. The molecule has 0 aliphatic carbocycles. The highest BCUT2D eigenvalue weighted by molar-refractivity contribution is 7.18. The van der Waals surface area contributed by atoms with Crippen molar-refractivity contribution in [2.75, 3.05) is 7.05 Å². The van der Waals surface area contributed by atoms with Crippen LogP contribution in [0.5, 0.6) is 0 Å². The summed E-state index contributed by atoms with van der Waals surface area (Å²) >= 11 is 3.27. The van der Waals surface area contributed by atoms with E-state index < -0.39 is 0 Å². The number of thiophene rings is 1. The van der Waals surface area contributed by atoms with Gasteiger partial charge < -0.3 is 10.2 Å². The van der Waals surface area contributed by atoms with Gasteiger partial charge in [0, 0.05) is 11.9 Å². The number of nitrogens with one attached hydrogen (secondary N) is 1. The van der Waals surface area contributed by atoms with Gasteiger partial charge in [-0.2, -0.15) is 0 Å². The molecule has 0 bridgehead atoms. The van der Waals surface area contributed by atoms with Gasteiger partial charge in [0.25, 0.3) is 0 Å². The highest BCUT2D eigenvalue weighted by Crippen LogP contribution is 2.21. The molecule has 108 valence electrons. The number of carbonyl (C=O) groups is 1. The van der Waals surface area contributed by atoms with Gasteiger partial charge in [0.15, 0.2) is 0 Å². The Morgan fingerprint density at radius 2 is 2.14 bits per heavy atom. The number of benzene rings is 1. The molecule has 0 aliphatic rings. The van der Waals surface area contributed by atoms with E-state index in [4.69, 9.17) is 0 Å². The van der Waals surface area contributed by atoms with Crippen LogP contribution in [-0.4, -0.2) is 23.0 Å². The summed E-state index contributed by atoms with van der Waals surface area (Å²) in [5.74, 6) is 0. The molecule has 2 aromatic heterocycles. The lowest BCUT2D eigenvalue weighted by Crippen LogP contribution is -2.36. The third kappa shape index (κ3) is 3.40. The molecule has 0 atom stereocenters. The van der Waals surface area contributed by atoms with Crippen molar-refractivity contribution in [3.63, 3.8) is 0 Å². The third-order valence-electron chi connectivity index (χ3n) is 3.05. The molecule has 2 amide bonds. The molecule has 21 heavy (non-hydrogen) atoms. The molecule has 0 aliphatic heterocycles. The number of fused-ring (bicyclic) bond motifs is 1. The van der Waals surface area contributed by atoms with Crippen LogP contribution in [0.2, 0.25) is 0 Å². The highest BCUT2D eigenvalue weighted by atomic mass is 32.1. The first-order valence-corrected chi connectivity index (χ1v) is 8.28. The number of para-hydroxylation sites is 1. The predicted molar refractivity (Wildman–Crippen MR) is 87.6 cm³/mol. The van der Waals surface area contributed by atoms with E-state index >= 15 is 0 Å². The second kappa shape index (κ2) is 6.24. The number of hydrogen-bond donors (Lipinski definition) is 1. The molecule has 0 saturated carbocycles. The maximum Gasteiger partial charge on any atom is 0.317 e. The Labute approximate surface area is 131 Å². The van der Waals surface area contributed by atoms with Gasteiger partial charge in [-0.15, -0.1) is 22.7 Å². The van der Waals surface area contributed by atoms with Crippen molar-refractivity contribution in [2.24, 2.45) is 0 Å². The fraction of sp³-hybridized carbons (Fsp3) is 0.200. The summed E-state index contributed by atoms with van der Waals surface area (Å²) in [5.41, 5.74) is 0.985.